The van der Waals surface area contributed by atoms with Crippen molar-refractivity contribution in [2.75, 3.05) is 27.3 Å². The van der Waals surface area contributed by atoms with E-state index in [2.05, 4.69) is 0 Å². The van der Waals surface area contributed by atoms with Crippen molar-refractivity contribution in [3.63, 3.8) is 0 Å². The molecule has 0 aliphatic carbocycles. The minimum Gasteiger partial charge on any atom is -0.493 e. The van der Waals surface area contributed by atoms with E-state index in [9.17, 15) is 9.90 Å². The average Bonchev–Trinajstić information content (AvgIpc) is 3.22. The third-order valence-corrected chi connectivity index (χ3v) is 4.82. The average molecular weight is 355 g/mol. The van der Waals surface area contributed by atoms with Gasteiger partial charge in [-0.25, -0.2) is 0 Å². The Hall–Kier alpha value is -2.53. The second kappa shape index (κ2) is 8.23. The van der Waals surface area contributed by atoms with Gasteiger partial charge in [0.1, 0.15) is 0 Å². The van der Waals surface area contributed by atoms with Gasteiger partial charge in [-0.1, -0.05) is 24.3 Å². The number of hydrogen-bond donors (Lipinski definition) is 1. The monoisotopic (exact) mass is 355 g/mol. The van der Waals surface area contributed by atoms with Crippen LogP contribution in [0.3, 0.4) is 0 Å². The van der Waals surface area contributed by atoms with Gasteiger partial charge in [-0.2, -0.15) is 0 Å². The molecular formula is C21H25NO4. The van der Waals surface area contributed by atoms with Crippen LogP contribution >= 0.6 is 0 Å². The minimum atomic E-state index is -0.768. The van der Waals surface area contributed by atoms with Crippen molar-refractivity contribution in [3.05, 3.63) is 59.2 Å². The highest BCUT2D eigenvalue weighted by atomic mass is 16.5. The highest BCUT2D eigenvalue weighted by molar-refractivity contribution is 5.96. The first-order valence-corrected chi connectivity index (χ1v) is 8.91. The molecule has 1 fully saturated rings. The van der Waals surface area contributed by atoms with E-state index in [1.807, 2.05) is 41.3 Å². The smallest absolute Gasteiger partial charge is 0.254 e. The van der Waals surface area contributed by atoms with E-state index in [-0.39, 0.29) is 5.91 Å². The molecule has 26 heavy (non-hydrogen) atoms. The van der Waals surface area contributed by atoms with Crippen molar-refractivity contribution in [2.45, 2.75) is 25.4 Å². The summed E-state index contributed by atoms with van der Waals surface area (Å²) in [4.78, 5) is 14.6. The maximum atomic E-state index is 12.8. The molecule has 1 heterocycles. The van der Waals surface area contributed by atoms with E-state index >= 15 is 0 Å². The van der Waals surface area contributed by atoms with Gasteiger partial charge in [0, 0.05) is 25.1 Å². The van der Waals surface area contributed by atoms with Crippen molar-refractivity contribution >= 4 is 5.91 Å². The quantitative estimate of drug-likeness (QED) is 0.864. The van der Waals surface area contributed by atoms with Crippen LogP contribution in [-0.4, -0.2) is 43.2 Å². The van der Waals surface area contributed by atoms with Gasteiger partial charge in [0.05, 0.1) is 20.3 Å². The van der Waals surface area contributed by atoms with Gasteiger partial charge >= 0.3 is 0 Å². The van der Waals surface area contributed by atoms with Crippen molar-refractivity contribution in [1.82, 2.24) is 4.90 Å². The number of nitrogens with zero attached hydrogens (tertiary/aromatic N) is 1. The van der Waals surface area contributed by atoms with E-state index in [1.165, 1.54) is 0 Å². The van der Waals surface area contributed by atoms with Gasteiger partial charge in [-0.05, 0) is 42.2 Å². The van der Waals surface area contributed by atoms with Gasteiger partial charge in [0.25, 0.3) is 5.91 Å². The van der Waals surface area contributed by atoms with Gasteiger partial charge < -0.3 is 19.5 Å². The normalized spacial score (nSPS) is 15.0. The van der Waals surface area contributed by atoms with Gasteiger partial charge in [-0.3, -0.25) is 4.79 Å². The summed E-state index contributed by atoms with van der Waals surface area (Å²) < 4.78 is 10.6. The Morgan fingerprint density at radius 3 is 2.46 bits per heavy atom. The number of amides is 1. The summed E-state index contributed by atoms with van der Waals surface area (Å²) in [6.07, 6.45) is 1.71. The van der Waals surface area contributed by atoms with E-state index in [4.69, 9.17) is 9.47 Å². The molecule has 0 aromatic heterocycles. The Bertz CT molecular complexity index is 768. The lowest BCUT2D eigenvalue weighted by atomic mass is 9.96. The fourth-order valence-corrected chi connectivity index (χ4v) is 3.41. The number of ether oxygens (including phenoxy) is 2. The van der Waals surface area contributed by atoms with Crippen molar-refractivity contribution in [2.24, 2.45) is 0 Å². The summed E-state index contributed by atoms with van der Waals surface area (Å²) in [5, 5.41) is 10.8. The summed E-state index contributed by atoms with van der Waals surface area (Å²) in [6.45, 7) is 1.58. The predicted octanol–water partition coefficient (Wildman–Crippen LogP) is 3.22. The molecule has 1 unspecified atom stereocenters. The lowest BCUT2D eigenvalue weighted by molar-refractivity contribution is 0.0785. The van der Waals surface area contributed by atoms with E-state index in [0.717, 1.165) is 31.5 Å². The predicted molar refractivity (Wildman–Crippen MR) is 99.8 cm³/mol. The maximum absolute atomic E-state index is 12.8. The lowest BCUT2D eigenvalue weighted by Gasteiger charge is -2.20. The molecule has 1 aliphatic heterocycles. The van der Waals surface area contributed by atoms with E-state index in [1.54, 1.807) is 20.3 Å². The number of carbonyl (C=O) groups is 1. The SMILES string of the molecule is COc1ccc(CC(O)c2ccccc2C(=O)N2CCCC2)cc1OC. The Kier molecular flexibility index (Phi) is 5.78. The molecule has 1 atom stereocenters. The Balaban J connectivity index is 1.82. The van der Waals surface area contributed by atoms with Crippen molar-refractivity contribution < 1.29 is 19.4 Å². The Morgan fingerprint density at radius 1 is 1.08 bits per heavy atom. The minimum absolute atomic E-state index is 0.00413. The molecule has 5 nitrogen and oxygen atoms in total. The van der Waals surface area contributed by atoms with Crippen LogP contribution in [0.2, 0.25) is 0 Å². The third kappa shape index (κ3) is 3.83. The van der Waals surface area contributed by atoms with Crippen molar-refractivity contribution in [1.29, 1.82) is 0 Å². The van der Waals surface area contributed by atoms with Crippen LogP contribution in [0, 0.1) is 0 Å². The summed E-state index contributed by atoms with van der Waals surface area (Å²) in [6, 6.07) is 12.9. The van der Waals surface area contributed by atoms with E-state index < -0.39 is 6.10 Å². The number of rotatable bonds is 6. The molecule has 0 saturated carbocycles. The number of carbonyl (C=O) groups excluding carboxylic acids is 1. The second-order valence-corrected chi connectivity index (χ2v) is 6.50. The lowest BCUT2D eigenvalue weighted by Crippen LogP contribution is -2.29. The molecule has 1 saturated heterocycles. The summed E-state index contributed by atoms with van der Waals surface area (Å²) in [5.74, 6) is 1.28. The molecule has 3 rings (SSSR count). The van der Waals surface area contributed by atoms with Crippen LogP contribution in [0.4, 0.5) is 0 Å². The summed E-state index contributed by atoms with van der Waals surface area (Å²) in [5.41, 5.74) is 2.17. The summed E-state index contributed by atoms with van der Waals surface area (Å²) in [7, 11) is 3.18. The number of benzene rings is 2. The molecule has 2 aromatic rings. The first-order chi connectivity index (χ1) is 12.6. The first-order valence-electron chi connectivity index (χ1n) is 8.91. The van der Waals surface area contributed by atoms with Gasteiger partial charge in [0.15, 0.2) is 11.5 Å². The maximum Gasteiger partial charge on any atom is 0.254 e. The molecule has 5 heteroatoms. The fraction of sp³-hybridized carbons (Fsp3) is 0.381. The van der Waals surface area contributed by atoms with Crippen molar-refractivity contribution in [3.8, 4) is 11.5 Å². The fourth-order valence-electron chi connectivity index (χ4n) is 3.41. The zero-order chi connectivity index (χ0) is 18.5. The van der Waals surface area contributed by atoms with Gasteiger partial charge in [0.2, 0.25) is 0 Å². The van der Waals surface area contributed by atoms with E-state index in [0.29, 0.717) is 29.0 Å². The zero-order valence-corrected chi connectivity index (χ0v) is 15.3. The van der Waals surface area contributed by atoms with Crippen LogP contribution in [0.5, 0.6) is 11.5 Å². The third-order valence-electron chi connectivity index (χ3n) is 4.82. The molecule has 1 amide bonds. The molecular weight excluding hydrogens is 330 g/mol. The number of aliphatic hydroxyl groups is 1. The van der Waals surface area contributed by atoms with Crippen LogP contribution in [-0.2, 0) is 6.42 Å². The summed E-state index contributed by atoms with van der Waals surface area (Å²) >= 11 is 0. The molecule has 2 aromatic carbocycles. The van der Waals surface area contributed by atoms with Crippen LogP contribution < -0.4 is 9.47 Å². The highest BCUT2D eigenvalue weighted by Crippen LogP contribution is 2.30. The molecule has 0 bridgehead atoms. The molecule has 1 aliphatic rings. The molecule has 138 valence electrons. The first kappa shape index (κ1) is 18.3. The second-order valence-electron chi connectivity index (χ2n) is 6.50. The van der Waals surface area contributed by atoms with Crippen LogP contribution in [0.1, 0.15) is 40.4 Å². The molecule has 1 N–H and O–H groups in total. The zero-order valence-electron chi connectivity index (χ0n) is 15.3. The Labute approximate surface area is 154 Å². The highest BCUT2D eigenvalue weighted by Gasteiger charge is 2.24. The van der Waals surface area contributed by atoms with Gasteiger partial charge in [-0.15, -0.1) is 0 Å². The van der Waals surface area contributed by atoms with Crippen LogP contribution in [0.15, 0.2) is 42.5 Å². The Morgan fingerprint density at radius 2 is 1.77 bits per heavy atom. The number of hydrogen-bond acceptors (Lipinski definition) is 4. The standard InChI is InChI=1S/C21H25NO4/c1-25-19-10-9-15(14-20(19)26-2)13-18(23)16-7-3-4-8-17(16)21(24)22-11-5-6-12-22/h3-4,7-10,14,18,23H,5-6,11-13H2,1-2H3. The van der Waals surface area contributed by atoms with Crippen LogP contribution in [0.25, 0.3) is 0 Å². The number of likely N-dealkylation sites (tertiary alicyclic amines) is 1. The topological polar surface area (TPSA) is 59.0 Å². The largest absolute Gasteiger partial charge is 0.493 e. The number of aliphatic hydroxyl groups excluding tert-OH is 1. The number of methoxy groups -OCH3 is 2. The molecule has 0 spiro atoms. The molecule has 0 radical (unpaired) electrons.